The lowest BCUT2D eigenvalue weighted by Gasteiger charge is -2.15. The summed E-state index contributed by atoms with van der Waals surface area (Å²) in [4.78, 5) is 0.0837. The summed E-state index contributed by atoms with van der Waals surface area (Å²) < 4.78 is 22.9. The van der Waals surface area contributed by atoms with Crippen LogP contribution in [0, 0.1) is 0 Å². The van der Waals surface area contributed by atoms with Gasteiger partial charge in [-0.25, -0.2) is 13.6 Å². The lowest BCUT2D eigenvalue weighted by Crippen LogP contribution is -2.16. The lowest BCUT2D eigenvalue weighted by molar-refractivity contribution is 0.598. The van der Waals surface area contributed by atoms with Crippen molar-refractivity contribution in [3.8, 4) is 0 Å². The van der Waals surface area contributed by atoms with Crippen LogP contribution in [0.4, 0.5) is 5.69 Å². The number of nitrogens with one attached hydrogen (secondary N) is 2. The number of para-hydroxylation sites is 1. The number of hydrogen-bond acceptors (Lipinski definition) is 4. The number of H-pyrrole nitrogens is 1. The molecule has 1 unspecified atom stereocenters. The summed E-state index contributed by atoms with van der Waals surface area (Å²) in [5, 5.41) is 14.8. The minimum Gasteiger partial charge on any atom is -0.377 e. The monoisotopic (exact) mass is 266 g/mol. The van der Waals surface area contributed by atoms with E-state index in [1.54, 1.807) is 30.6 Å². The minimum absolute atomic E-state index is 0.0772. The molecule has 7 heteroatoms. The summed E-state index contributed by atoms with van der Waals surface area (Å²) in [6, 6.07) is 6.45. The first kappa shape index (κ1) is 12.6. The molecule has 2 aromatic rings. The van der Waals surface area contributed by atoms with E-state index in [1.807, 2.05) is 6.92 Å². The van der Waals surface area contributed by atoms with Crippen LogP contribution in [0.1, 0.15) is 18.5 Å². The fourth-order valence-corrected chi connectivity index (χ4v) is 2.35. The zero-order chi connectivity index (χ0) is 13.2. The smallest absolute Gasteiger partial charge is 0.240 e. The molecule has 0 spiro atoms. The van der Waals surface area contributed by atoms with Gasteiger partial charge < -0.3 is 5.32 Å². The summed E-state index contributed by atoms with van der Waals surface area (Å²) in [5.74, 6) is 0. The molecule has 1 atom stereocenters. The highest BCUT2D eigenvalue weighted by atomic mass is 32.2. The van der Waals surface area contributed by atoms with Gasteiger partial charge in [0.25, 0.3) is 0 Å². The quantitative estimate of drug-likeness (QED) is 0.774. The van der Waals surface area contributed by atoms with E-state index in [1.165, 1.54) is 6.07 Å². The van der Waals surface area contributed by atoms with E-state index >= 15 is 0 Å². The van der Waals surface area contributed by atoms with E-state index in [2.05, 4.69) is 15.5 Å². The van der Waals surface area contributed by atoms with Crippen LogP contribution >= 0.6 is 0 Å². The zero-order valence-corrected chi connectivity index (χ0v) is 10.6. The molecular formula is C11H14N4O2S. The molecule has 4 N–H and O–H groups in total. The number of rotatable bonds is 4. The van der Waals surface area contributed by atoms with Gasteiger partial charge in [0.05, 0.1) is 17.9 Å². The standard InChI is InChI=1S/C11H14N4O2S/c1-8(9-6-13-14-7-9)15-10-4-2-3-5-11(10)18(12,16)17/h2-8,15H,1H3,(H,13,14)(H2,12,16,17). The second-order valence-electron chi connectivity index (χ2n) is 3.94. The summed E-state index contributed by atoms with van der Waals surface area (Å²) in [5.41, 5.74) is 1.41. The Morgan fingerprint density at radius 2 is 2.11 bits per heavy atom. The van der Waals surface area contributed by atoms with Crippen molar-refractivity contribution >= 4 is 15.7 Å². The summed E-state index contributed by atoms with van der Waals surface area (Å²) in [6.07, 6.45) is 3.43. The number of aromatic amines is 1. The van der Waals surface area contributed by atoms with Gasteiger partial charge in [-0.2, -0.15) is 5.10 Å². The topological polar surface area (TPSA) is 101 Å². The number of aromatic nitrogens is 2. The highest BCUT2D eigenvalue weighted by Gasteiger charge is 2.15. The van der Waals surface area contributed by atoms with Crippen molar-refractivity contribution in [1.29, 1.82) is 0 Å². The highest BCUT2D eigenvalue weighted by molar-refractivity contribution is 7.89. The third-order valence-corrected chi connectivity index (χ3v) is 3.55. The summed E-state index contributed by atoms with van der Waals surface area (Å²) in [7, 11) is -3.73. The Labute approximate surface area is 105 Å². The second kappa shape index (κ2) is 4.79. The van der Waals surface area contributed by atoms with Crippen LogP contribution in [0.15, 0.2) is 41.6 Å². The zero-order valence-electron chi connectivity index (χ0n) is 9.79. The summed E-state index contributed by atoms with van der Waals surface area (Å²) in [6.45, 7) is 1.91. The van der Waals surface area contributed by atoms with E-state index in [0.29, 0.717) is 5.69 Å². The molecule has 0 radical (unpaired) electrons. The molecule has 2 rings (SSSR count). The maximum atomic E-state index is 11.4. The van der Waals surface area contributed by atoms with Crippen molar-refractivity contribution < 1.29 is 8.42 Å². The Hall–Kier alpha value is -1.86. The van der Waals surface area contributed by atoms with Gasteiger partial charge in [-0.15, -0.1) is 0 Å². The lowest BCUT2D eigenvalue weighted by atomic mass is 10.2. The molecule has 0 saturated carbocycles. The molecule has 0 fully saturated rings. The number of nitrogens with zero attached hydrogens (tertiary/aromatic N) is 1. The Kier molecular flexibility index (Phi) is 3.35. The SMILES string of the molecule is CC(Nc1ccccc1S(N)(=O)=O)c1cn[nH]c1. The fourth-order valence-electron chi connectivity index (χ4n) is 1.65. The van der Waals surface area contributed by atoms with Gasteiger partial charge in [0.1, 0.15) is 4.90 Å². The van der Waals surface area contributed by atoms with Gasteiger partial charge in [-0.3, -0.25) is 5.10 Å². The van der Waals surface area contributed by atoms with Crippen molar-refractivity contribution in [1.82, 2.24) is 10.2 Å². The normalized spacial score (nSPS) is 13.2. The first-order valence-corrected chi connectivity index (χ1v) is 6.90. The van der Waals surface area contributed by atoms with E-state index in [9.17, 15) is 8.42 Å². The van der Waals surface area contributed by atoms with Crippen LogP contribution in [0.2, 0.25) is 0 Å². The average molecular weight is 266 g/mol. The predicted octanol–water partition coefficient (Wildman–Crippen LogP) is 1.23. The van der Waals surface area contributed by atoms with Gasteiger partial charge >= 0.3 is 0 Å². The maximum Gasteiger partial charge on any atom is 0.240 e. The van der Waals surface area contributed by atoms with E-state index in [4.69, 9.17) is 5.14 Å². The fraction of sp³-hybridized carbons (Fsp3) is 0.182. The van der Waals surface area contributed by atoms with Gasteiger partial charge in [-0.05, 0) is 19.1 Å². The van der Waals surface area contributed by atoms with Crippen LogP contribution in [0.25, 0.3) is 0 Å². The molecule has 6 nitrogen and oxygen atoms in total. The van der Waals surface area contributed by atoms with Crippen LogP contribution < -0.4 is 10.5 Å². The van der Waals surface area contributed by atoms with Crippen molar-refractivity contribution in [2.24, 2.45) is 5.14 Å². The Morgan fingerprint density at radius 1 is 1.39 bits per heavy atom. The van der Waals surface area contributed by atoms with E-state index in [0.717, 1.165) is 5.56 Å². The average Bonchev–Trinajstić information content (AvgIpc) is 2.81. The largest absolute Gasteiger partial charge is 0.377 e. The van der Waals surface area contributed by atoms with Gasteiger partial charge in [0.2, 0.25) is 10.0 Å². The van der Waals surface area contributed by atoms with Crippen molar-refractivity contribution in [2.75, 3.05) is 5.32 Å². The number of sulfonamides is 1. The number of hydrogen-bond donors (Lipinski definition) is 3. The van der Waals surface area contributed by atoms with Crippen molar-refractivity contribution in [3.63, 3.8) is 0 Å². The van der Waals surface area contributed by atoms with Crippen molar-refractivity contribution in [3.05, 3.63) is 42.2 Å². The van der Waals surface area contributed by atoms with Crippen LogP contribution in [-0.2, 0) is 10.0 Å². The van der Waals surface area contributed by atoms with Crippen LogP contribution in [0.3, 0.4) is 0 Å². The van der Waals surface area contributed by atoms with Gasteiger partial charge in [-0.1, -0.05) is 12.1 Å². The number of primary sulfonamides is 1. The molecule has 0 saturated heterocycles. The van der Waals surface area contributed by atoms with Crippen LogP contribution in [0.5, 0.6) is 0 Å². The molecular weight excluding hydrogens is 252 g/mol. The molecule has 0 aliphatic carbocycles. The molecule has 0 amide bonds. The molecule has 0 aliphatic rings. The first-order valence-electron chi connectivity index (χ1n) is 5.35. The second-order valence-corrected chi connectivity index (χ2v) is 5.47. The first-order chi connectivity index (χ1) is 8.48. The number of benzene rings is 1. The highest BCUT2D eigenvalue weighted by Crippen LogP contribution is 2.24. The summed E-state index contributed by atoms with van der Waals surface area (Å²) >= 11 is 0. The molecule has 1 heterocycles. The minimum atomic E-state index is -3.73. The molecule has 0 aliphatic heterocycles. The van der Waals surface area contributed by atoms with Gasteiger partial charge in [0.15, 0.2) is 0 Å². The van der Waals surface area contributed by atoms with E-state index in [-0.39, 0.29) is 10.9 Å². The number of nitrogens with two attached hydrogens (primary N) is 1. The molecule has 18 heavy (non-hydrogen) atoms. The van der Waals surface area contributed by atoms with Crippen LogP contribution in [-0.4, -0.2) is 18.6 Å². The van der Waals surface area contributed by atoms with Crippen molar-refractivity contribution in [2.45, 2.75) is 17.9 Å². The molecule has 1 aromatic heterocycles. The molecule has 0 bridgehead atoms. The number of anilines is 1. The Morgan fingerprint density at radius 3 is 2.72 bits per heavy atom. The van der Waals surface area contributed by atoms with E-state index < -0.39 is 10.0 Å². The predicted molar refractivity (Wildman–Crippen MR) is 68.4 cm³/mol. The van der Waals surface area contributed by atoms with Gasteiger partial charge in [0, 0.05) is 11.8 Å². The maximum absolute atomic E-state index is 11.4. The molecule has 96 valence electrons. The molecule has 1 aromatic carbocycles. The third kappa shape index (κ3) is 2.69. The Bertz CT molecular complexity index is 622. The Balaban J connectivity index is 2.30. The third-order valence-electron chi connectivity index (χ3n) is 2.58.